The van der Waals surface area contributed by atoms with Gasteiger partial charge in [0, 0.05) is 17.8 Å². The second-order valence-electron chi connectivity index (χ2n) is 5.26. The normalized spacial score (nSPS) is 14.1. The van der Waals surface area contributed by atoms with Gasteiger partial charge in [-0.3, -0.25) is 9.59 Å². The van der Waals surface area contributed by atoms with E-state index in [9.17, 15) is 9.59 Å². The van der Waals surface area contributed by atoms with Crippen molar-refractivity contribution in [2.45, 2.75) is 32.6 Å². The number of carbonyl (C=O) groups excluding carboxylic acids is 2. The van der Waals surface area contributed by atoms with Crippen LogP contribution in [-0.4, -0.2) is 29.9 Å². The summed E-state index contributed by atoms with van der Waals surface area (Å²) in [5.41, 5.74) is 6.70. The molecule has 0 unspecified atom stereocenters. The Balaban J connectivity index is 1.93. The van der Waals surface area contributed by atoms with Crippen molar-refractivity contribution in [3.8, 4) is 5.75 Å². The van der Waals surface area contributed by atoms with E-state index in [1.165, 1.54) is 6.42 Å². The molecule has 0 aromatic heterocycles. The highest BCUT2D eigenvalue weighted by molar-refractivity contribution is 5.92. The molecule has 1 aliphatic rings. The Morgan fingerprint density at radius 3 is 2.50 bits per heavy atom. The third kappa shape index (κ3) is 4.10. The van der Waals surface area contributed by atoms with E-state index in [-0.39, 0.29) is 12.5 Å². The highest BCUT2D eigenvalue weighted by atomic mass is 16.5. The average Bonchev–Trinajstić information content (AvgIpc) is 2.55. The van der Waals surface area contributed by atoms with E-state index in [0.717, 1.165) is 25.0 Å². The van der Waals surface area contributed by atoms with Crippen LogP contribution >= 0.6 is 0 Å². The van der Waals surface area contributed by atoms with Gasteiger partial charge in [0.25, 0.3) is 5.91 Å². The molecule has 2 rings (SSSR count). The first-order valence-corrected chi connectivity index (χ1v) is 7.64. The molecule has 0 aliphatic heterocycles. The number of carbonyl (C=O) groups is 2. The van der Waals surface area contributed by atoms with Crippen molar-refractivity contribution in [1.29, 1.82) is 0 Å². The van der Waals surface area contributed by atoms with Crippen molar-refractivity contribution in [1.82, 2.24) is 4.90 Å². The van der Waals surface area contributed by atoms with Crippen molar-refractivity contribution < 1.29 is 14.3 Å². The van der Waals surface area contributed by atoms with Gasteiger partial charge in [0.05, 0.1) is 0 Å². The number of hydrogen-bond donors (Lipinski definition) is 1. The SMILES string of the molecule is CCN(C(=O)COc1ccc(C(N)=O)cc1)C1=CCCCC1. The molecule has 0 saturated heterocycles. The lowest BCUT2D eigenvalue weighted by molar-refractivity contribution is -0.131. The Labute approximate surface area is 130 Å². The van der Waals surface area contributed by atoms with Gasteiger partial charge in [0.2, 0.25) is 5.91 Å². The summed E-state index contributed by atoms with van der Waals surface area (Å²) in [6.07, 6.45) is 6.46. The fraction of sp³-hybridized carbons (Fsp3) is 0.412. The van der Waals surface area contributed by atoms with Crippen molar-refractivity contribution in [3.63, 3.8) is 0 Å². The Morgan fingerprint density at radius 2 is 1.95 bits per heavy atom. The van der Waals surface area contributed by atoms with Gasteiger partial charge in [-0.2, -0.15) is 0 Å². The van der Waals surface area contributed by atoms with Gasteiger partial charge in [-0.25, -0.2) is 0 Å². The lowest BCUT2D eigenvalue weighted by Gasteiger charge is -2.26. The Morgan fingerprint density at radius 1 is 1.23 bits per heavy atom. The van der Waals surface area contributed by atoms with Crippen LogP contribution in [-0.2, 0) is 4.79 Å². The van der Waals surface area contributed by atoms with E-state index < -0.39 is 5.91 Å². The zero-order valence-electron chi connectivity index (χ0n) is 12.9. The monoisotopic (exact) mass is 302 g/mol. The number of primary amides is 1. The summed E-state index contributed by atoms with van der Waals surface area (Å²) in [6.45, 7) is 2.60. The summed E-state index contributed by atoms with van der Waals surface area (Å²) >= 11 is 0. The van der Waals surface area contributed by atoms with Crippen molar-refractivity contribution >= 4 is 11.8 Å². The molecule has 2 amide bonds. The first kappa shape index (κ1) is 16.1. The van der Waals surface area contributed by atoms with Crippen LogP contribution in [0, 0.1) is 0 Å². The molecule has 1 aromatic rings. The number of nitrogens with zero attached hydrogens (tertiary/aromatic N) is 1. The molecule has 0 spiro atoms. The Kier molecular flexibility index (Phi) is 5.58. The maximum absolute atomic E-state index is 12.3. The van der Waals surface area contributed by atoms with Gasteiger partial charge < -0.3 is 15.4 Å². The fourth-order valence-electron chi connectivity index (χ4n) is 2.54. The molecule has 0 fully saturated rings. The highest BCUT2D eigenvalue weighted by Crippen LogP contribution is 2.21. The van der Waals surface area contributed by atoms with Crippen LogP contribution in [0.3, 0.4) is 0 Å². The van der Waals surface area contributed by atoms with Gasteiger partial charge in [-0.05, 0) is 56.9 Å². The van der Waals surface area contributed by atoms with Gasteiger partial charge in [-0.1, -0.05) is 6.08 Å². The Bertz CT molecular complexity index is 564. The minimum atomic E-state index is -0.482. The predicted molar refractivity (Wildman–Crippen MR) is 84.4 cm³/mol. The number of benzene rings is 1. The number of nitrogens with two attached hydrogens (primary N) is 1. The summed E-state index contributed by atoms with van der Waals surface area (Å²) in [5.74, 6) is 0.0191. The van der Waals surface area contributed by atoms with Crippen LogP contribution in [0.2, 0.25) is 0 Å². The molecule has 22 heavy (non-hydrogen) atoms. The van der Waals surface area contributed by atoms with Gasteiger partial charge in [-0.15, -0.1) is 0 Å². The van der Waals surface area contributed by atoms with E-state index >= 15 is 0 Å². The quantitative estimate of drug-likeness (QED) is 0.877. The number of ether oxygens (including phenoxy) is 1. The lowest BCUT2D eigenvalue weighted by atomic mass is 10.0. The number of hydrogen-bond acceptors (Lipinski definition) is 3. The molecule has 5 nitrogen and oxygen atoms in total. The molecule has 0 saturated carbocycles. The fourth-order valence-corrected chi connectivity index (χ4v) is 2.54. The van der Waals surface area contributed by atoms with E-state index in [2.05, 4.69) is 6.08 Å². The minimum absolute atomic E-state index is 0.0128. The number of allylic oxidation sites excluding steroid dienone is 2. The molecule has 5 heteroatoms. The first-order valence-electron chi connectivity index (χ1n) is 7.64. The van der Waals surface area contributed by atoms with Gasteiger partial charge in [0.1, 0.15) is 5.75 Å². The van der Waals surface area contributed by atoms with E-state index in [0.29, 0.717) is 17.9 Å². The average molecular weight is 302 g/mol. The van der Waals surface area contributed by atoms with Crippen molar-refractivity contribution in [2.24, 2.45) is 5.73 Å². The van der Waals surface area contributed by atoms with E-state index in [1.54, 1.807) is 29.2 Å². The first-order chi connectivity index (χ1) is 10.6. The summed E-state index contributed by atoms with van der Waals surface area (Å²) in [6, 6.07) is 6.46. The lowest BCUT2D eigenvalue weighted by Crippen LogP contribution is -2.34. The molecule has 1 aliphatic carbocycles. The third-order valence-corrected chi connectivity index (χ3v) is 3.73. The zero-order chi connectivity index (χ0) is 15.9. The molecule has 0 bridgehead atoms. The highest BCUT2D eigenvalue weighted by Gasteiger charge is 2.18. The number of likely N-dealkylation sites (N-methyl/N-ethyl adjacent to an activating group) is 1. The van der Waals surface area contributed by atoms with Crippen molar-refractivity contribution in [2.75, 3.05) is 13.2 Å². The van der Waals surface area contributed by atoms with Crippen LogP contribution in [0.25, 0.3) is 0 Å². The van der Waals surface area contributed by atoms with E-state index in [1.807, 2.05) is 6.92 Å². The molecule has 0 atom stereocenters. The summed E-state index contributed by atoms with van der Waals surface area (Å²) in [7, 11) is 0. The van der Waals surface area contributed by atoms with Crippen LogP contribution in [0.5, 0.6) is 5.75 Å². The molecular weight excluding hydrogens is 280 g/mol. The molecule has 118 valence electrons. The smallest absolute Gasteiger partial charge is 0.264 e. The van der Waals surface area contributed by atoms with Crippen LogP contribution in [0.15, 0.2) is 36.0 Å². The maximum atomic E-state index is 12.3. The second kappa shape index (κ2) is 7.64. The van der Waals surface area contributed by atoms with Crippen molar-refractivity contribution in [3.05, 3.63) is 41.6 Å². The molecule has 2 N–H and O–H groups in total. The minimum Gasteiger partial charge on any atom is -0.484 e. The largest absolute Gasteiger partial charge is 0.484 e. The Hall–Kier alpha value is -2.30. The zero-order valence-corrected chi connectivity index (χ0v) is 12.9. The van der Waals surface area contributed by atoms with Crippen LogP contribution in [0.1, 0.15) is 43.0 Å². The number of amides is 2. The molecule has 1 aromatic carbocycles. The second-order valence-corrected chi connectivity index (χ2v) is 5.26. The summed E-state index contributed by atoms with van der Waals surface area (Å²) in [4.78, 5) is 25.1. The summed E-state index contributed by atoms with van der Waals surface area (Å²) < 4.78 is 5.51. The topological polar surface area (TPSA) is 72.6 Å². The third-order valence-electron chi connectivity index (χ3n) is 3.73. The molecular formula is C17H22N2O3. The number of rotatable bonds is 6. The molecule has 0 radical (unpaired) electrons. The van der Waals surface area contributed by atoms with E-state index in [4.69, 9.17) is 10.5 Å². The maximum Gasteiger partial charge on any atom is 0.264 e. The summed E-state index contributed by atoms with van der Waals surface area (Å²) in [5, 5.41) is 0. The van der Waals surface area contributed by atoms with Crippen LogP contribution < -0.4 is 10.5 Å². The predicted octanol–water partition coefficient (Wildman–Crippen LogP) is 2.47. The molecule has 0 heterocycles. The van der Waals surface area contributed by atoms with Crippen LogP contribution in [0.4, 0.5) is 0 Å². The standard InChI is InChI=1S/C17H22N2O3/c1-2-19(14-6-4-3-5-7-14)16(20)12-22-15-10-8-13(9-11-15)17(18)21/h6,8-11H,2-5,7,12H2,1H3,(H2,18,21). The van der Waals surface area contributed by atoms with Gasteiger partial charge >= 0.3 is 0 Å². The van der Waals surface area contributed by atoms with Gasteiger partial charge in [0.15, 0.2) is 6.61 Å².